The van der Waals surface area contributed by atoms with Crippen LogP contribution in [0.1, 0.15) is 29.5 Å². The predicted octanol–water partition coefficient (Wildman–Crippen LogP) is 3.25. The number of primary amides is 1. The lowest BCUT2D eigenvalue weighted by Gasteiger charge is -2.27. The lowest BCUT2D eigenvalue weighted by molar-refractivity contribution is -0.137. The number of carbonyl (C=O) groups excluding carboxylic acids is 1. The highest BCUT2D eigenvalue weighted by Gasteiger charge is 2.36. The number of amides is 2. The Hall–Kier alpha value is -3.04. The van der Waals surface area contributed by atoms with Crippen molar-refractivity contribution in [2.75, 3.05) is 17.2 Å². The Morgan fingerprint density at radius 2 is 2.04 bits per heavy atom. The molecule has 4 rings (SSSR count). The SMILES string of the molecule is NC(=O)N1CCc2cc(Nc3ncc(C(F)(F)F)c(NC4CC4)n3)ccc2C1. The van der Waals surface area contributed by atoms with Crippen LogP contribution in [0, 0.1) is 0 Å². The molecule has 148 valence electrons. The molecule has 4 N–H and O–H groups in total. The van der Waals surface area contributed by atoms with Crippen LogP contribution in [0.15, 0.2) is 24.4 Å². The third-order valence-corrected chi connectivity index (χ3v) is 4.80. The van der Waals surface area contributed by atoms with Gasteiger partial charge >= 0.3 is 12.2 Å². The van der Waals surface area contributed by atoms with Gasteiger partial charge in [0.25, 0.3) is 0 Å². The van der Waals surface area contributed by atoms with Gasteiger partial charge in [-0.05, 0) is 42.5 Å². The number of benzene rings is 1. The largest absolute Gasteiger partial charge is 0.421 e. The van der Waals surface area contributed by atoms with E-state index in [2.05, 4.69) is 20.6 Å². The summed E-state index contributed by atoms with van der Waals surface area (Å²) in [5, 5.41) is 5.79. The zero-order valence-electron chi connectivity index (χ0n) is 14.9. The number of nitrogens with two attached hydrogens (primary N) is 1. The number of nitrogens with zero attached hydrogens (tertiary/aromatic N) is 3. The predicted molar refractivity (Wildman–Crippen MR) is 97.1 cm³/mol. The standard InChI is InChI=1S/C18H19F3N6O/c19-18(20,21)14-8-23-17(26-15(14)24-12-3-4-12)25-13-2-1-11-9-27(16(22)28)6-5-10(11)7-13/h1-2,7-8,12H,3-6,9H2,(H2,22,28)(H2,23,24,25,26). The maximum atomic E-state index is 13.2. The lowest BCUT2D eigenvalue weighted by Crippen LogP contribution is -2.39. The number of rotatable bonds is 4. The van der Waals surface area contributed by atoms with Gasteiger partial charge in [-0.3, -0.25) is 0 Å². The second-order valence-corrected chi connectivity index (χ2v) is 6.99. The third-order valence-electron chi connectivity index (χ3n) is 4.80. The molecule has 28 heavy (non-hydrogen) atoms. The zero-order chi connectivity index (χ0) is 19.9. The summed E-state index contributed by atoms with van der Waals surface area (Å²) in [6.45, 7) is 0.967. The summed E-state index contributed by atoms with van der Waals surface area (Å²) in [7, 11) is 0. The monoisotopic (exact) mass is 392 g/mol. The molecule has 1 aromatic carbocycles. The van der Waals surface area contributed by atoms with Gasteiger partial charge in [-0.2, -0.15) is 18.2 Å². The molecule has 1 aromatic heterocycles. The molecule has 1 fully saturated rings. The molecule has 0 spiro atoms. The summed E-state index contributed by atoms with van der Waals surface area (Å²) in [6.07, 6.45) is -1.42. The van der Waals surface area contributed by atoms with Crippen molar-refractivity contribution < 1.29 is 18.0 Å². The van der Waals surface area contributed by atoms with E-state index < -0.39 is 17.8 Å². The Kier molecular flexibility index (Phi) is 4.48. The fourth-order valence-corrected chi connectivity index (χ4v) is 3.13. The number of aromatic nitrogens is 2. The van der Waals surface area contributed by atoms with Gasteiger partial charge in [0.2, 0.25) is 5.95 Å². The summed E-state index contributed by atoms with van der Waals surface area (Å²) < 4.78 is 39.5. The Labute approximate surface area is 159 Å². The molecule has 1 aliphatic carbocycles. The fourth-order valence-electron chi connectivity index (χ4n) is 3.13. The maximum absolute atomic E-state index is 13.2. The molecule has 0 radical (unpaired) electrons. The molecule has 7 nitrogen and oxygen atoms in total. The molecule has 0 saturated heterocycles. The van der Waals surface area contributed by atoms with Crippen LogP contribution in [0.3, 0.4) is 0 Å². The molecular formula is C18H19F3N6O. The van der Waals surface area contributed by atoms with E-state index >= 15 is 0 Å². The smallest absolute Gasteiger partial charge is 0.367 e. The van der Waals surface area contributed by atoms with E-state index in [1.165, 1.54) is 0 Å². The van der Waals surface area contributed by atoms with Crippen molar-refractivity contribution >= 4 is 23.5 Å². The van der Waals surface area contributed by atoms with Gasteiger partial charge in [0, 0.05) is 31.0 Å². The van der Waals surface area contributed by atoms with Crippen LogP contribution in [0.5, 0.6) is 0 Å². The van der Waals surface area contributed by atoms with Crippen molar-refractivity contribution in [3.63, 3.8) is 0 Å². The number of hydrogen-bond donors (Lipinski definition) is 3. The van der Waals surface area contributed by atoms with Crippen LogP contribution < -0.4 is 16.4 Å². The van der Waals surface area contributed by atoms with Crippen LogP contribution in [-0.2, 0) is 19.1 Å². The number of fused-ring (bicyclic) bond motifs is 1. The highest BCUT2D eigenvalue weighted by Crippen LogP contribution is 2.36. The Balaban J connectivity index is 1.55. The van der Waals surface area contributed by atoms with Crippen molar-refractivity contribution in [2.24, 2.45) is 5.73 Å². The Morgan fingerprint density at radius 3 is 2.71 bits per heavy atom. The summed E-state index contributed by atoms with van der Waals surface area (Å²) in [4.78, 5) is 20.7. The van der Waals surface area contributed by atoms with Crippen LogP contribution in [0.25, 0.3) is 0 Å². The van der Waals surface area contributed by atoms with Gasteiger partial charge in [-0.25, -0.2) is 9.78 Å². The van der Waals surface area contributed by atoms with Crippen molar-refractivity contribution in [1.29, 1.82) is 0 Å². The molecule has 1 saturated carbocycles. The number of urea groups is 1. The first-order valence-electron chi connectivity index (χ1n) is 8.93. The lowest BCUT2D eigenvalue weighted by atomic mass is 9.99. The number of hydrogen-bond acceptors (Lipinski definition) is 5. The minimum atomic E-state index is -4.52. The van der Waals surface area contributed by atoms with Gasteiger partial charge in [0.15, 0.2) is 0 Å². The molecule has 2 heterocycles. The topological polar surface area (TPSA) is 96.2 Å². The van der Waals surface area contributed by atoms with E-state index in [0.29, 0.717) is 25.2 Å². The van der Waals surface area contributed by atoms with Crippen LogP contribution in [-0.4, -0.2) is 33.5 Å². The number of carbonyl (C=O) groups is 1. The molecule has 0 bridgehead atoms. The number of alkyl halides is 3. The molecular weight excluding hydrogens is 373 g/mol. The van der Waals surface area contributed by atoms with Gasteiger partial charge in [0.05, 0.1) is 0 Å². The van der Waals surface area contributed by atoms with E-state index in [4.69, 9.17) is 5.73 Å². The normalized spacial score (nSPS) is 16.5. The molecule has 1 aliphatic heterocycles. The van der Waals surface area contributed by atoms with Crippen molar-refractivity contribution in [3.8, 4) is 0 Å². The average molecular weight is 392 g/mol. The fraction of sp³-hybridized carbons (Fsp3) is 0.389. The van der Waals surface area contributed by atoms with Crippen molar-refractivity contribution in [2.45, 2.75) is 38.0 Å². The first-order valence-corrected chi connectivity index (χ1v) is 8.93. The van der Waals surface area contributed by atoms with E-state index in [1.54, 1.807) is 11.0 Å². The van der Waals surface area contributed by atoms with Gasteiger partial charge in [0.1, 0.15) is 11.4 Å². The second kappa shape index (κ2) is 6.84. The van der Waals surface area contributed by atoms with Gasteiger partial charge in [-0.1, -0.05) is 6.07 Å². The van der Waals surface area contributed by atoms with Crippen LogP contribution in [0.2, 0.25) is 0 Å². The minimum absolute atomic E-state index is 0.0285. The number of halogens is 3. The summed E-state index contributed by atoms with van der Waals surface area (Å²) in [5.74, 6) is -0.117. The van der Waals surface area contributed by atoms with E-state index in [0.717, 1.165) is 30.2 Å². The van der Waals surface area contributed by atoms with Crippen molar-refractivity contribution in [3.05, 3.63) is 41.1 Å². The number of nitrogens with one attached hydrogen (secondary N) is 2. The maximum Gasteiger partial charge on any atom is 0.421 e. The van der Waals surface area contributed by atoms with Crippen LogP contribution >= 0.6 is 0 Å². The average Bonchev–Trinajstić information content (AvgIpc) is 3.44. The highest BCUT2D eigenvalue weighted by molar-refractivity contribution is 5.72. The first-order chi connectivity index (χ1) is 13.3. The summed E-state index contributed by atoms with van der Waals surface area (Å²) in [5.41, 5.74) is 7.15. The molecule has 2 amide bonds. The van der Waals surface area contributed by atoms with Crippen LogP contribution in [0.4, 0.5) is 35.4 Å². The summed E-state index contributed by atoms with van der Waals surface area (Å²) in [6, 6.07) is 5.10. The van der Waals surface area contributed by atoms with E-state index in [9.17, 15) is 18.0 Å². The quantitative estimate of drug-likeness (QED) is 0.742. The van der Waals surface area contributed by atoms with Crippen molar-refractivity contribution in [1.82, 2.24) is 14.9 Å². The molecule has 0 atom stereocenters. The highest BCUT2D eigenvalue weighted by atomic mass is 19.4. The van der Waals surface area contributed by atoms with E-state index in [-0.39, 0.29) is 17.8 Å². The molecule has 2 aromatic rings. The summed E-state index contributed by atoms with van der Waals surface area (Å²) >= 11 is 0. The molecule has 2 aliphatic rings. The first kappa shape index (κ1) is 18.3. The molecule has 0 unspecified atom stereocenters. The Morgan fingerprint density at radius 1 is 1.25 bits per heavy atom. The number of anilines is 3. The molecule has 10 heteroatoms. The third kappa shape index (κ3) is 3.95. The van der Waals surface area contributed by atoms with E-state index in [1.807, 2.05) is 12.1 Å². The van der Waals surface area contributed by atoms with Gasteiger partial charge < -0.3 is 21.3 Å². The Bertz CT molecular complexity index is 913. The zero-order valence-corrected chi connectivity index (χ0v) is 14.9. The van der Waals surface area contributed by atoms with Gasteiger partial charge in [-0.15, -0.1) is 0 Å². The minimum Gasteiger partial charge on any atom is -0.367 e. The second-order valence-electron chi connectivity index (χ2n) is 6.99.